The first-order valence-electron chi connectivity index (χ1n) is 11.7. The van der Waals surface area contributed by atoms with E-state index in [1.54, 1.807) is 43.5 Å². The zero-order valence-electron chi connectivity index (χ0n) is 20.7. The van der Waals surface area contributed by atoms with Gasteiger partial charge < -0.3 is 19.5 Å². The zero-order valence-corrected chi connectivity index (χ0v) is 21.5. The van der Waals surface area contributed by atoms with E-state index in [4.69, 9.17) is 14.2 Å². The van der Waals surface area contributed by atoms with Crippen LogP contribution in [0.2, 0.25) is 0 Å². The van der Waals surface area contributed by atoms with Crippen LogP contribution in [0.25, 0.3) is 0 Å². The number of anilines is 1. The Labute approximate surface area is 211 Å². The van der Waals surface area contributed by atoms with Gasteiger partial charge in [-0.1, -0.05) is 31.2 Å². The second-order valence-corrected chi connectivity index (χ2v) is 10.3. The van der Waals surface area contributed by atoms with Crippen LogP contribution in [0.5, 0.6) is 17.2 Å². The van der Waals surface area contributed by atoms with Gasteiger partial charge in [0, 0.05) is 0 Å². The number of rotatable bonds is 8. The number of nitrogens with one attached hydrogen (secondary N) is 1. The quantitative estimate of drug-likeness (QED) is 0.487. The molecular weight excluding hydrogens is 480 g/mol. The van der Waals surface area contributed by atoms with E-state index in [0.717, 1.165) is 16.9 Å². The maximum Gasteiger partial charge on any atom is 0.264 e. The normalized spacial score (nSPS) is 15.9. The number of methoxy groups -OCH3 is 2. The van der Waals surface area contributed by atoms with Gasteiger partial charge in [0.1, 0.15) is 17.2 Å². The van der Waals surface area contributed by atoms with Crippen LogP contribution < -0.4 is 23.8 Å². The molecule has 0 bridgehead atoms. The Bertz CT molecular complexity index is 1340. The lowest BCUT2D eigenvalue weighted by Gasteiger charge is -2.35. The Morgan fingerprint density at radius 1 is 1.08 bits per heavy atom. The molecule has 1 N–H and O–H groups in total. The third-order valence-electron chi connectivity index (χ3n) is 6.22. The molecule has 0 saturated heterocycles. The number of benzene rings is 3. The summed E-state index contributed by atoms with van der Waals surface area (Å²) in [4.78, 5) is 13.4. The van der Waals surface area contributed by atoms with Crippen molar-refractivity contribution in [2.45, 2.75) is 37.3 Å². The van der Waals surface area contributed by atoms with Gasteiger partial charge in [-0.15, -0.1) is 0 Å². The first-order valence-corrected chi connectivity index (χ1v) is 13.1. The minimum Gasteiger partial charge on any atom is -0.497 e. The van der Waals surface area contributed by atoms with Crippen LogP contribution >= 0.6 is 0 Å². The summed E-state index contributed by atoms with van der Waals surface area (Å²) in [6.07, 6.45) is -0.379. The molecule has 1 heterocycles. The van der Waals surface area contributed by atoms with Crippen LogP contribution in [0.15, 0.2) is 71.6 Å². The molecule has 190 valence electrons. The standard InChI is InChI=1S/C27H30N2O6S/c1-5-22(19-10-15-24(34-4)18(2)16-19)28-27(30)26-17-29(23-8-6-7-9-25(23)35-26)36(31,32)21-13-11-20(33-3)12-14-21/h6-16,22,26H,5,17H2,1-4H3,(H,28,30)/t22-,26+/m0/s1. The number of amides is 1. The molecule has 3 aromatic carbocycles. The highest BCUT2D eigenvalue weighted by Crippen LogP contribution is 2.37. The Kier molecular flexibility index (Phi) is 7.40. The van der Waals surface area contributed by atoms with E-state index in [1.165, 1.54) is 23.5 Å². The van der Waals surface area contributed by atoms with Gasteiger partial charge in [-0.3, -0.25) is 9.10 Å². The summed E-state index contributed by atoms with van der Waals surface area (Å²) in [6.45, 7) is 3.76. The molecule has 0 spiro atoms. The summed E-state index contributed by atoms with van der Waals surface area (Å²) in [5.41, 5.74) is 2.28. The monoisotopic (exact) mass is 510 g/mol. The van der Waals surface area contributed by atoms with E-state index in [9.17, 15) is 13.2 Å². The molecule has 3 aromatic rings. The third-order valence-corrected chi connectivity index (χ3v) is 8.01. The van der Waals surface area contributed by atoms with E-state index < -0.39 is 16.1 Å². The predicted molar refractivity (Wildman–Crippen MR) is 137 cm³/mol. The lowest BCUT2D eigenvalue weighted by Crippen LogP contribution is -2.51. The van der Waals surface area contributed by atoms with Crippen LogP contribution in [0.1, 0.15) is 30.5 Å². The van der Waals surface area contributed by atoms with Crippen molar-refractivity contribution in [1.29, 1.82) is 0 Å². The van der Waals surface area contributed by atoms with Crippen LogP contribution in [-0.4, -0.2) is 41.2 Å². The maximum absolute atomic E-state index is 13.6. The zero-order chi connectivity index (χ0) is 25.9. The van der Waals surface area contributed by atoms with Crippen LogP contribution in [-0.2, 0) is 14.8 Å². The fraction of sp³-hybridized carbons (Fsp3) is 0.296. The van der Waals surface area contributed by atoms with E-state index in [1.807, 2.05) is 32.0 Å². The fourth-order valence-electron chi connectivity index (χ4n) is 4.25. The maximum atomic E-state index is 13.6. The highest BCUT2D eigenvalue weighted by atomic mass is 32.2. The number of sulfonamides is 1. The smallest absolute Gasteiger partial charge is 0.264 e. The topological polar surface area (TPSA) is 94.2 Å². The van der Waals surface area contributed by atoms with Crippen LogP contribution in [0.4, 0.5) is 5.69 Å². The Morgan fingerprint density at radius 2 is 1.81 bits per heavy atom. The summed E-state index contributed by atoms with van der Waals surface area (Å²) < 4.78 is 44.9. The van der Waals surface area contributed by atoms with Crippen molar-refractivity contribution in [3.63, 3.8) is 0 Å². The molecule has 8 nitrogen and oxygen atoms in total. The molecule has 0 saturated carbocycles. The molecule has 1 aliphatic rings. The molecule has 0 unspecified atom stereocenters. The van der Waals surface area contributed by atoms with Gasteiger partial charge in [0.2, 0.25) is 0 Å². The number of hydrogen-bond acceptors (Lipinski definition) is 6. The molecule has 1 amide bonds. The van der Waals surface area contributed by atoms with Gasteiger partial charge in [-0.05, 0) is 66.9 Å². The van der Waals surface area contributed by atoms with Gasteiger partial charge in [-0.25, -0.2) is 8.42 Å². The van der Waals surface area contributed by atoms with Crippen molar-refractivity contribution in [1.82, 2.24) is 5.32 Å². The molecule has 0 aliphatic carbocycles. The van der Waals surface area contributed by atoms with Crippen LogP contribution in [0, 0.1) is 6.92 Å². The van der Waals surface area contributed by atoms with Crippen molar-refractivity contribution >= 4 is 21.6 Å². The molecular formula is C27H30N2O6S. The van der Waals surface area contributed by atoms with Crippen molar-refractivity contribution in [3.8, 4) is 17.2 Å². The lowest BCUT2D eigenvalue weighted by atomic mass is 10.0. The Balaban J connectivity index is 1.61. The second-order valence-electron chi connectivity index (χ2n) is 8.48. The average molecular weight is 511 g/mol. The number of carbonyl (C=O) groups is 1. The molecule has 0 fully saturated rings. The summed E-state index contributed by atoms with van der Waals surface area (Å²) >= 11 is 0. The number of fused-ring (bicyclic) bond motifs is 1. The number of ether oxygens (including phenoxy) is 3. The minimum absolute atomic E-state index is 0.0966. The molecule has 1 aliphatic heterocycles. The number of nitrogens with zero attached hydrogens (tertiary/aromatic N) is 1. The van der Waals surface area contributed by atoms with Gasteiger partial charge in [0.05, 0.1) is 37.4 Å². The first-order chi connectivity index (χ1) is 17.3. The number of para-hydroxylation sites is 2. The van der Waals surface area contributed by atoms with E-state index >= 15 is 0 Å². The summed E-state index contributed by atoms with van der Waals surface area (Å²) in [7, 11) is -0.831. The fourth-order valence-corrected chi connectivity index (χ4v) is 5.72. The van der Waals surface area contributed by atoms with Crippen molar-refractivity contribution in [2.24, 2.45) is 0 Å². The predicted octanol–water partition coefficient (Wildman–Crippen LogP) is 4.24. The highest BCUT2D eigenvalue weighted by molar-refractivity contribution is 7.92. The van der Waals surface area contributed by atoms with Gasteiger partial charge >= 0.3 is 0 Å². The first kappa shape index (κ1) is 25.4. The average Bonchev–Trinajstić information content (AvgIpc) is 2.90. The highest BCUT2D eigenvalue weighted by Gasteiger charge is 2.38. The molecule has 0 radical (unpaired) electrons. The third kappa shape index (κ3) is 4.97. The van der Waals surface area contributed by atoms with Crippen molar-refractivity contribution in [2.75, 3.05) is 25.1 Å². The number of hydrogen-bond donors (Lipinski definition) is 1. The molecule has 9 heteroatoms. The van der Waals surface area contributed by atoms with Gasteiger partial charge in [0.15, 0.2) is 6.10 Å². The largest absolute Gasteiger partial charge is 0.497 e. The molecule has 0 aromatic heterocycles. The van der Waals surface area contributed by atoms with Crippen LogP contribution in [0.3, 0.4) is 0 Å². The van der Waals surface area contributed by atoms with Crippen molar-refractivity contribution < 1.29 is 27.4 Å². The minimum atomic E-state index is -3.96. The second kappa shape index (κ2) is 10.5. The van der Waals surface area contributed by atoms with Gasteiger partial charge in [0.25, 0.3) is 15.9 Å². The van der Waals surface area contributed by atoms with Crippen molar-refractivity contribution in [3.05, 3.63) is 77.9 Å². The Hall–Kier alpha value is -3.72. The summed E-state index contributed by atoms with van der Waals surface area (Å²) in [5.74, 6) is 1.26. The van der Waals surface area contributed by atoms with E-state index in [2.05, 4.69) is 5.32 Å². The number of aryl methyl sites for hydroxylation is 1. The van der Waals surface area contributed by atoms with Gasteiger partial charge in [-0.2, -0.15) is 0 Å². The Morgan fingerprint density at radius 3 is 2.44 bits per heavy atom. The summed E-state index contributed by atoms with van der Waals surface area (Å²) in [6, 6.07) is 18.5. The van der Waals surface area contributed by atoms with E-state index in [-0.39, 0.29) is 23.4 Å². The SMILES string of the molecule is CC[C@H](NC(=O)[C@H]1CN(S(=O)(=O)c2ccc(OC)cc2)c2ccccc2O1)c1ccc(OC)c(C)c1. The molecule has 2 atom stereocenters. The molecule has 36 heavy (non-hydrogen) atoms. The summed E-state index contributed by atoms with van der Waals surface area (Å²) in [5, 5.41) is 3.03. The number of carbonyl (C=O) groups excluding carboxylic acids is 1. The van der Waals surface area contributed by atoms with E-state index in [0.29, 0.717) is 23.6 Å². The lowest BCUT2D eigenvalue weighted by molar-refractivity contribution is -0.128. The molecule has 4 rings (SSSR count).